The Bertz CT molecular complexity index is 807. The van der Waals surface area contributed by atoms with Gasteiger partial charge >= 0.3 is 6.03 Å². The van der Waals surface area contributed by atoms with Gasteiger partial charge in [0.25, 0.3) is 5.91 Å². The molecule has 2 heterocycles. The van der Waals surface area contributed by atoms with Crippen LogP contribution in [0.3, 0.4) is 0 Å². The van der Waals surface area contributed by atoms with Crippen LogP contribution in [0, 0.1) is 12.7 Å². The van der Waals surface area contributed by atoms with Crippen LogP contribution >= 0.6 is 11.6 Å². The fourth-order valence-electron chi connectivity index (χ4n) is 2.56. The van der Waals surface area contributed by atoms with Crippen LogP contribution in [0.4, 0.5) is 9.18 Å². The van der Waals surface area contributed by atoms with Crippen molar-refractivity contribution in [3.05, 3.63) is 52.1 Å². The van der Waals surface area contributed by atoms with E-state index >= 15 is 0 Å². The maximum atomic E-state index is 13.2. The van der Waals surface area contributed by atoms with Crippen LogP contribution in [-0.4, -0.2) is 22.0 Å². The van der Waals surface area contributed by atoms with Crippen LogP contribution in [0.1, 0.15) is 23.8 Å². The van der Waals surface area contributed by atoms with Crippen molar-refractivity contribution in [2.24, 2.45) is 0 Å². The first-order valence-corrected chi connectivity index (χ1v) is 7.20. The highest BCUT2D eigenvalue weighted by Crippen LogP contribution is 2.34. The predicted octanol–water partition coefficient (Wildman–Crippen LogP) is 2.74. The number of halogens is 2. The lowest BCUT2D eigenvalue weighted by molar-refractivity contribution is -0.131. The number of carbonyl (C=O) groups is 2. The number of rotatable bonds is 3. The van der Waals surface area contributed by atoms with Gasteiger partial charge in [-0.25, -0.2) is 9.18 Å². The van der Waals surface area contributed by atoms with Crippen molar-refractivity contribution in [3.8, 4) is 0 Å². The van der Waals surface area contributed by atoms with Gasteiger partial charge in [-0.05, 0) is 26.0 Å². The Labute approximate surface area is 136 Å². The molecule has 1 aromatic carbocycles. The number of hydrogen-bond donors (Lipinski definition) is 1. The molecule has 120 valence electrons. The Hall–Kier alpha value is -2.41. The van der Waals surface area contributed by atoms with E-state index in [-0.39, 0.29) is 11.6 Å². The van der Waals surface area contributed by atoms with Gasteiger partial charge in [-0.2, -0.15) is 0 Å². The van der Waals surface area contributed by atoms with Crippen molar-refractivity contribution in [2.45, 2.75) is 25.9 Å². The minimum absolute atomic E-state index is 0.0361. The summed E-state index contributed by atoms with van der Waals surface area (Å²) in [6, 6.07) is 3.13. The largest absolute Gasteiger partial charge is 0.361 e. The lowest BCUT2D eigenvalue weighted by Gasteiger charge is -2.23. The number of imide groups is 1. The third kappa shape index (κ3) is 2.46. The normalized spacial score (nSPS) is 21.0. The highest BCUT2D eigenvalue weighted by Gasteiger charge is 2.50. The highest BCUT2D eigenvalue weighted by molar-refractivity contribution is 6.32. The maximum Gasteiger partial charge on any atom is 0.325 e. The van der Waals surface area contributed by atoms with E-state index in [4.69, 9.17) is 16.1 Å². The van der Waals surface area contributed by atoms with E-state index in [0.29, 0.717) is 16.9 Å². The summed E-state index contributed by atoms with van der Waals surface area (Å²) in [5.41, 5.74) is -0.390. The molecule has 1 N–H and O–H groups in total. The Morgan fingerprint density at radius 2 is 2.17 bits per heavy atom. The Morgan fingerprint density at radius 3 is 2.78 bits per heavy atom. The number of hydrogen-bond acceptors (Lipinski definition) is 4. The molecule has 0 spiro atoms. The van der Waals surface area contributed by atoms with Crippen molar-refractivity contribution >= 4 is 23.5 Å². The zero-order valence-electron chi connectivity index (χ0n) is 12.4. The van der Waals surface area contributed by atoms with Crippen LogP contribution in [0.15, 0.2) is 28.9 Å². The SMILES string of the molecule is Cc1oncc1CN1C(=O)N[C@](C)(c2ccc(F)cc2Cl)C1=O. The monoisotopic (exact) mass is 337 g/mol. The molecule has 8 heteroatoms. The van der Waals surface area contributed by atoms with E-state index in [1.807, 2.05) is 0 Å². The van der Waals surface area contributed by atoms with Gasteiger partial charge in [0.15, 0.2) is 0 Å². The van der Waals surface area contributed by atoms with Crippen molar-refractivity contribution < 1.29 is 18.5 Å². The Morgan fingerprint density at radius 1 is 1.43 bits per heavy atom. The smallest absolute Gasteiger partial charge is 0.325 e. The number of aromatic nitrogens is 1. The van der Waals surface area contributed by atoms with E-state index in [0.717, 1.165) is 11.0 Å². The quantitative estimate of drug-likeness (QED) is 0.874. The first kappa shape index (κ1) is 15.5. The summed E-state index contributed by atoms with van der Waals surface area (Å²) in [6.07, 6.45) is 1.45. The molecule has 0 bridgehead atoms. The minimum Gasteiger partial charge on any atom is -0.361 e. The maximum absolute atomic E-state index is 13.2. The van der Waals surface area contributed by atoms with Crippen LogP contribution in [0.25, 0.3) is 0 Å². The minimum atomic E-state index is -1.35. The average Bonchev–Trinajstić information content (AvgIpc) is 2.96. The molecule has 1 saturated heterocycles. The summed E-state index contributed by atoms with van der Waals surface area (Å²) in [6.45, 7) is 3.26. The highest BCUT2D eigenvalue weighted by atomic mass is 35.5. The molecule has 1 fully saturated rings. The van der Waals surface area contributed by atoms with Crippen LogP contribution < -0.4 is 5.32 Å². The molecular formula is C15H13ClFN3O3. The Balaban J connectivity index is 1.95. The lowest BCUT2D eigenvalue weighted by Crippen LogP contribution is -2.41. The molecule has 2 aromatic rings. The van der Waals surface area contributed by atoms with Gasteiger partial charge < -0.3 is 9.84 Å². The number of nitrogens with one attached hydrogen (secondary N) is 1. The fourth-order valence-corrected chi connectivity index (χ4v) is 2.92. The number of amides is 3. The molecule has 3 rings (SSSR count). The van der Waals surface area contributed by atoms with Crippen molar-refractivity contribution in [1.29, 1.82) is 0 Å². The van der Waals surface area contributed by atoms with Crippen molar-refractivity contribution in [1.82, 2.24) is 15.4 Å². The number of aryl methyl sites for hydroxylation is 1. The standard InChI is InChI=1S/C15H13ClFN3O3/c1-8-9(6-18-23-8)7-20-13(21)15(2,19-14(20)22)11-4-3-10(17)5-12(11)16/h3-6H,7H2,1-2H3,(H,19,22)/t15-/m1/s1. The molecule has 1 atom stereocenters. The van der Waals surface area contributed by atoms with E-state index in [1.165, 1.54) is 25.3 Å². The summed E-state index contributed by atoms with van der Waals surface area (Å²) in [5, 5.41) is 6.32. The van der Waals surface area contributed by atoms with Crippen LogP contribution in [-0.2, 0) is 16.9 Å². The molecule has 1 aliphatic rings. The molecule has 23 heavy (non-hydrogen) atoms. The first-order chi connectivity index (χ1) is 10.8. The lowest BCUT2D eigenvalue weighted by atomic mass is 9.92. The topological polar surface area (TPSA) is 75.4 Å². The fraction of sp³-hybridized carbons (Fsp3) is 0.267. The number of urea groups is 1. The van der Waals surface area contributed by atoms with E-state index in [2.05, 4.69) is 10.5 Å². The molecular weight excluding hydrogens is 325 g/mol. The number of carbonyl (C=O) groups excluding carboxylic acids is 2. The van der Waals surface area contributed by atoms with Crippen LogP contribution in [0.5, 0.6) is 0 Å². The van der Waals surface area contributed by atoms with Gasteiger partial charge in [-0.3, -0.25) is 9.69 Å². The second-order valence-electron chi connectivity index (χ2n) is 5.48. The van der Waals surface area contributed by atoms with Gasteiger partial charge in [0.05, 0.1) is 12.7 Å². The second kappa shape index (κ2) is 5.34. The summed E-state index contributed by atoms with van der Waals surface area (Å²) < 4.78 is 18.2. The van der Waals surface area contributed by atoms with Gasteiger partial charge in [0, 0.05) is 16.1 Å². The van der Waals surface area contributed by atoms with Crippen molar-refractivity contribution in [3.63, 3.8) is 0 Å². The molecule has 0 radical (unpaired) electrons. The Kier molecular flexibility index (Phi) is 3.60. The van der Waals surface area contributed by atoms with E-state index in [9.17, 15) is 14.0 Å². The summed E-state index contributed by atoms with van der Waals surface area (Å²) in [4.78, 5) is 26.0. The zero-order chi connectivity index (χ0) is 16.8. The summed E-state index contributed by atoms with van der Waals surface area (Å²) in [5.74, 6) is -0.466. The number of benzene rings is 1. The van der Waals surface area contributed by atoms with Gasteiger partial charge in [0.1, 0.15) is 17.1 Å². The predicted molar refractivity (Wildman–Crippen MR) is 79.1 cm³/mol. The summed E-state index contributed by atoms with van der Waals surface area (Å²) in [7, 11) is 0. The summed E-state index contributed by atoms with van der Waals surface area (Å²) >= 11 is 6.04. The molecule has 1 aliphatic heterocycles. The van der Waals surface area contributed by atoms with E-state index < -0.39 is 23.3 Å². The zero-order valence-corrected chi connectivity index (χ0v) is 13.1. The van der Waals surface area contributed by atoms with Gasteiger partial charge in [0.2, 0.25) is 0 Å². The molecule has 0 saturated carbocycles. The van der Waals surface area contributed by atoms with Gasteiger partial charge in [-0.1, -0.05) is 22.8 Å². The third-order valence-corrected chi connectivity index (χ3v) is 4.24. The third-order valence-electron chi connectivity index (χ3n) is 3.92. The second-order valence-corrected chi connectivity index (χ2v) is 5.89. The van der Waals surface area contributed by atoms with Gasteiger partial charge in [-0.15, -0.1) is 0 Å². The van der Waals surface area contributed by atoms with E-state index in [1.54, 1.807) is 6.92 Å². The molecule has 0 aliphatic carbocycles. The molecule has 3 amide bonds. The molecule has 6 nitrogen and oxygen atoms in total. The molecule has 0 unspecified atom stereocenters. The van der Waals surface area contributed by atoms with Crippen molar-refractivity contribution in [2.75, 3.05) is 0 Å². The first-order valence-electron chi connectivity index (χ1n) is 6.82. The van der Waals surface area contributed by atoms with Crippen LogP contribution in [0.2, 0.25) is 5.02 Å². The number of nitrogens with zero attached hydrogens (tertiary/aromatic N) is 2. The molecule has 1 aromatic heterocycles. The average molecular weight is 338 g/mol.